The first kappa shape index (κ1) is 10.2. The fourth-order valence-corrected chi connectivity index (χ4v) is 1.84. The van der Waals surface area contributed by atoms with Crippen LogP contribution in [0.1, 0.15) is 6.92 Å². The number of ether oxygens (including phenoxy) is 1. The van der Waals surface area contributed by atoms with Gasteiger partial charge in [0.05, 0.1) is 18.9 Å². The quantitative estimate of drug-likeness (QED) is 0.716. The van der Waals surface area contributed by atoms with Crippen LogP contribution in [0.4, 0.5) is 15.8 Å². The molecule has 3 nitrogen and oxygen atoms in total. The summed E-state index contributed by atoms with van der Waals surface area (Å²) in [4.78, 5) is 2.01. The second-order valence-corrected chi connectivity index (χ2v) is 3.83. The minimum absolute atomic E-state index is 0.205. The number of morpholine rings is 1. The highest BCUT2D eigenvalue weighted by Gasteiger charge is 2.21. The zero-order valence-corrected chi connectivity index (χ0v) is 8.74. The molecule has 0 bridgehead atoms. The first-order valence-electron chi connectivity index (χ1n) is 5.08. The second-order valence-electron chi connectivity index (χ2n) is 3.83. The molecule has 0 unspecified atom stereocenters. The number of rotatable bonds is 1. The molecular formula is C11H15FN2O. The van der Waals surface area contributed by atoms with Gasteiger partial charge in [0.25, 0.3) is 0 Å². The van der Waals surface area contributed by atoms with Gasteiger partial charge in [-0.05, 0) is 25.1 Å². The molecule has 15 heavy (non-hydrogen) atoms. The first-order valence-corrected chi connectivity index (χ1v) is 5.08. The van der Waals surface area contributed by atoms with Crippen molar-refractivity contribution in [2.24, 2.45) is 0 Å². The summed E-state index contributed by atoms with van der Waals surface area (Å²) in [5.74, 6) is -0.260. The molecule has 1 aromatic carbocycles. The summed E-state index contributed by atoms with van der Waals surface area (Å²) in [5, 5.41) is 0. The predicted octanol–water partition coefficient (Wildman–Crippen LogP) is 1.63. The molecule has 1 fully saturated rings. The third-order valence-electron chi connectivity index (χ3n) is 2.65. The Bertz CT molecular complexity index is 356. The highest BCUT2D eigenvalue weighted by molar-refractivity contribution is 5.55. The van der Waals surface area contributed by atoms with Crippen LogP contribution in [0.15, 0.2) is 18.2 Å². The smallest absolute Gasteiger partial charge is 0.148 e. The molecule has 4 heteroatoms. The minimum Gasteiger partial charge on any atom is -0.399 e. The zero-order valence-electron chi connectivity index (χ0n) is 8.74. The average molecular weight is 210 g/mol. The lowest BCUT2D eigenvalue weighted by Gasteiger charge is -2.35. The fraction of sp³-hybridized carbons (Fsp3) is 0.455. The number of hydrogen-bond donors (Lipinski definition) is 1. The molecule has 0 spiro atoms. The molecule has 0 aromatic heterocycles. The second kappa shape index (κ2) is 4.06. The highest BCUT2D eigenvalue weighted by Crippen LogP contribution is 2.24. The van der Waals surface area contributed by atoms with Crippen LogP contribution >= 0.6 is 0 Å². The number of halogens is 1. The van der Waals surface area contributed by atoms with Crippen LogP contribution in [0.2, 0.25) is 0 Å². The third kappa shape index (κ3) is 2.04. The lowest BCUT2D eigenvalue weighted by molar-refractivity contribution is 0.0986. The van der Waals surface area contributed by atoms with Gasteiger partial charge in [0.15, 0.2) is 0 Å². The maximum Gasteiger partial charge on any atom is 0.148 e. The van der Waals surface area contributed by atoms with Gasteiger partial charge in [0, 0.05) is 18.3 Å². The van der Waals surface area contributed by atoms with E-state index in [4.69, 9.17) is 10.5 Å². The molecule has 2 rings (SSSR count). The maximum atomic E-state index is 13.6. The molecular weight excluding hydrogens is 195 g/mol. The van der Waals surface area contributed by atoms with Crippen LogP contribution in [0.25, 0.3) is 0 Å². The van der Waals surface area contributed by atoms with E-state index < -0.39 is 0 Å². The van der Waals surface area contributed by atoms with Gasteiger partial charge in [0.2, 0.25) is 0 Å². The number of hydrogen-bond acceptors (Lipinski definition) is 3. The third-order valence-corrected chi connectivity index (χ3v) is 2.65. The molecule has 1 aliphatic heterocycles. The van der Waals surface area contributed by atoms with Crippen LogP contribution in [-0.4, -0.2) is 25.8 Å². The SMILES string of the molecule is C[C@@H]1COCCN1c1ccc(N)cc1F. The lowest BCUT2D eigenvalue weighted by atomic mass is 10.2. The predicted molar refractivity (Wildman–Crippen MR) is 58.4 cm³/mol. The molecule has 0 aliphatic carbocycles. The molecule has 1 aromatic rings. The van der Waals surface area contributed by atoms with Crippen molar-refractivity contribution in [3.63, 3.8) is 0 Å². The molecule has 0 saturated carbocycles. The summed E-state index contributed by atoms with van der Waals surface area (Å²) in [6, 6.07) is 5.02. The maximum absolute atomic E-state index is 13.6. The van der Waals surface area contributed by atoms with Crippen molar-refractivity contribution in [1.82, 2.24) is 0 Å². The summed E-state index contributed by atoms with van der Waals surface area (Å²) >= 11 is 0. The van der Waals surface area contributed by atoms with Gasteiger partial charge in [-0.1, -0.05) is 0 Å². The van der Waals surface area contributed by atoms with Gasteiger partial charge in [-0.2, -0.15) is 0 Å². The topological polar surface area (TPSA) is 38.5 Å². The summed E-state index contributed by atoms with van der Waals surface area (Å²) in [5.41, 5.74) is 6.58. The summed E-state index contributed by atoms with van der Waals surface area (Å²) in [6.07, 6.45) is 0. The van der Waals surface area contributed by atoms with Crippen LogP contribution in [0.5, 0.6) is 0 Å². The Labute approximate surface area is 88.6 Å². The van der Waals surface area contributed by atoms with E-state index in [0.29, 0.717) is 24.6 Å². The number of nitrogens with two attached hydrogens (primary N) is 1. The van der Waals surface area contributed by atoms with Gasteiger partial charge in [0.1, 0.15) is 5.82 Å². The Kier molecular flexibility index (Phi) is 2.77. The van der Waals surface area contributed by atoms with E-state index in [-0.39, 0.29) is 11.9 Å². The number of nitrogens with zero attached hydrogens (tertiary/aromatic N) is 1. The van der Waals surface area contributed by atoms with E-state index in [1.165, 1.54) is 6.07 Å². The summed E-state index contributed by atoms with van der Waals surface area (Å²) in [6.45, 7) is 4.04. The first-order chi connectivity index (χ1) is 7.18. The van der Waals surface area contributed by atoms with Gasteiger partial charge in [-0.15, -0.1) is 0 Å². The Morgan fingerprint density at radius 1 is 1.53 bits per heavy atom. The van der Waals surface area contributed by atoms with Crippen molar-refractivity contribution in [1.29, 1.82) is 0 Å². The normalized spacial score (nSPS) is 21.7. The number of nitrogen functional groups attached to an aromatic ring is 1. The molecule has 1 atom stereocenters. The van der Waals surface area contributed by atoms with E-state index in [1.54, 1.807) is 12.1 Å². The monoisotopic (exact) mass is 210 g/mol. The van der Waals surface area contributed by atoms with Gasteiger partial charge in [-0.25, -0.2) is 4.39 Å². The van der Waals surface area contributed by atoms with Crippen LogP contribution in [0, 0.1) is 5.82 Å². The van der Waals surface area contributed by atoms with E-state index in [0.717, 1.165) is 6.54 Å². The zero-order chi connectivity index (χ0) is 10.8. The van der Waals surface area contributed by atoms with E-state index >= 15 is 0 Å². The molecule has 0 radical (unpaired) electrons. The average Bonchev–Trinajstić information content (AvgIpc) is 2.20. The van der Waals surface area contributed by atoms with Crippen molar-refractivity contribution in [3.05, 3.63) is 24.0 Å². The molecule has 82 valence electrons. The van der Waals surface area contributed by atoms with Crippen molar-refractivity contribution in [3.8, 4) is 0 Å². The minimum atomic E-state index is -0.260. The molecule has 1 aliphatic rings. The van der Waals surface area contributed by atoms with Crippen molar-refractivity contribution < 1.29 is 9.13 Å². The molecule has 1 heterocycles. The van der Waals surface area contributed by atoms with Crippen LogP contribution < -0.4 is 10.6 Å². The Morgan fingerprint density at radius 3 is 3.00 bits per heavy atom. The standard InChI is InChI=1S/C11H15FN2O/c1-8-7-15-5-4-14(8)11-3-2-9(13)6-10(11)12/h2-3,6,8H,4-5,7,13H2,1H3/t8-/m1/s1. The van der Waals surface area contributed by atoms with Gasteiger partial charge < -0.3 is 15.4 Å². The Hall–Kier alpha value is -1.29. The van der Waals surface area contributed by atoms with Gasteiger partial charge >= 0.3 is 0 Å². The molecule has 1 saturated heterocycles. The summed E-state index contributed by atoms with van der Waals surface area (Å²) in [7, 11) is 0. The van der Waals surface area contributed by atoms with Crippen LogP contribution in [0.3, 0.4) is 0 Å². The molecule has 2 N–H and O–H groups in total. The van der Waals surface area contributed by atoms with Crippen LogP contribution in [-0.2, 0) is 4.74 Å². The van der Waals surface area contributed by atoms with Gasteiger partial charge in [-0.3, -0.25) is 0 Å². The summed E-state index contributed by atoms with van der Waals surface area (Å²) < 4.78 is 19.0. The van der Waals surface area contributed by atoms with Crippen molar-refractivity contribution >= 4 is 11.4 Å². The Morgan fingerprint density at radius 2 is 2.33 bits per heavy atom. The highest BCUT2D eigenvalue weighted by atomic mass is 19.1. The van der Waals surface area contributed by atoms with Crippen molar-refractivity contribution in [2.45, 2.75) is 13.0 Å². The van der Waals surface area contributed by atoms with Crippen molar-refractivity contribution in [2.75, 3.05) is 30.4 Å². The fourth-order valence-electron chi connectivity index (χ4n) is 1.84. The van der Waals surface area contributed by atoms with E-state index in [1.807, 2.05) is 11.8 Å². The number of benzene rings is 1. The largest absolute Gasteiger partial charge is 0.399 e. The Balaban J connectivity index is 2.27. The van der Waals surface area contributed by atoms with E-state index in [9.17, 15) is 4.39 Å². The number of anilines is 2. The van der Waals surface area contributed by atoms with E-state index in [2.05, 4.69) is 0 Å². The molecule has 0 amide bonds. The lowest BCUT2D eigenvalue weighted by Crippen LogP contribution is -2.44.